The van der Waals surface area contributed by atoms with E-state index in [2.05, 4.69) is 9.47 Å². The molecule has 150 valence electrons. The van der Waals surface area contributed by atoms with Gasteiger partial charge in [0.15, 0.2) is 6.10 Å². The van der Waals surface area contributed by atoms with Crippen LogP contribution in [-0.2, 0) is 25.5 Å². The van der Waals surface area contributed by atoms with E-state index in [1.165, 1.54) is 18.2 Å². The number of aliphatic hydroxyl groups excluding tert-OH is 1. The maximum atomic E-state index is 13.1. The number of aliphatic hydroxyl groups is 1. The van der Waals surface area contributed by atoms with E-state index in [1.807, 2.05) is 0 Å². The topological polar surface area (TPSA) is 107 Å². The number of esters is 4. The highest BCUT2D eigenvalue weighted by molar-refractivity contribution is 6.15. The molecule has 3 unspecified atom stereocenters. The Morgan fingerprint density at radius 1 is 0.966 bits per heavy atom. The summed E-state index contributed by atoms with van der Waals surface area (Å²) < 4.78 is 48.3. The number of hydrogen-bond acceptors (Lipinski definition) is 7. The van der Waals surface area contributed by atoms with Crippen molar-refractivity contribution in [2.45, 2.75) is 18.7 Å². The first-order chi connectivity index (χ1) is 13.6. The van der Waals surface area contributed by atoms with Crippen molar-refractivity contribution in [1.82, 2.24) is 0 Å². The Kier molecular flexibility index (Phi) is 4.19. The van der Waals surface area contributed by atoms with Gasteiger partial charge in [0.05, 0.1) is 23.0 Å². The molecule has 2 aliphatic heterocycles. The highest BCUT2D eigenvalue weighted by Crippen LogP contribution is 2.38. The molecular weight excluding hydrogens is 397 g/mol. The number of cyclic esters (lactones) is 4. The van der Waals surface area contributed by atoms with E-state index in [9.17, 15) is 37.5 Å². The average Bonchev–Trinajstić information content (AvgIpc) is 3.08. The first-order valence-corrected chi connectivity index (χ1v) is 8.39. The molecule has 1 N–H and O–H groups in total. The van der Waals surface area contributed by atoms with Crippen molar-refractivity contribution in [3.63, 3.8) is 0 Å². The van der Waals surface area contributed by atoms with Crippen LogP contribution >= 0.6 is 0 Å². The zero-order valence-electron chi connectivity index (χ0n) is 14.4. The van der Waals surface area contributed by atoms with Crippen LogP contribution in [-0.4, -0.2) is 35.2 Å². The Morgan fingerprint density at radius 3 is 2.24 bits per heavy atom. The van der Waals surface area contributed by atoms with Crippen molar-refractivity contribution < 1.29 is 46.9 Å². The van der Waals surface area contributed by atoms with Gasteiger partial charge in [0, 0.05) is 0 Å². The van der Waals surface area contributed by atoms with Crippen molar-refractivity contribution in [3.05, 3.63) is 58.2 Å². The molecule has 1 saturated heterocycles. The third kappa shape index (κ3) is 3.15. The molecular formula is C19H11F3O7. The van der Waals surface area contributed by atoms with Gasteiger partial charge in [-0.1, -0.05) is 18.2 Å². The van der Waals surface area contributed by atoms with Gasteiger partial charge in [-0.05, 0) is 35.3 Å². The lowest BCUT2D eigenvalue weighted by atomic mass is 9.84. The number of ether oxygens (including phenoxy) is 2. The van der Waals surface area contributed by atoms with E-state index in [0.29, 0.717) is 5.57 Å². The fourth-order valence-electron chi connectivity index (χ4n) is 3.53. The molecule has 7 nitrogen and oxygen atoms in total. The number of hydrogen-bond donors (Lipinski definition) is 1. The smallest absolute Gasteiger partial charge is 0.392 e. The second-order valence-corrected chi connectivity index (χ2v) is 6.79. The second-order valence-electron chi connectivity index (χ2n) is 6.79. The van der Waals surface area contributed by atoms with E-state index in [1.54, 1.807) is 0 Å². The van der Waals surface area contributed by atoms with Crippen LogP contribution in [0.25, 0.3) is 0 Å². The number of benzene rings is 1. The lowest BCUT2D eigenvalue weighted by molar-refractivity contribution is -0.207. The molecule has 0 amide bonds. The van der Waals surface area contributed by atoms with E-state index < -0.39 is 53.6 Å². The van der Waals surface area contributed by atoms with E-state index in [-0.39, 0.29) is 23.1 Å². The molecule has 1 aromatic rings. The Bertz CT molecular complexity index is 1030. The largest absolute Gasteiger partial charge is 0.418 e. The Labute approximate surface area is 160 Å². The maximum absolute atomic E-state index is 13.1. The zero-order chi connectivity index (χ0) is 21.1. The summed E-state index contributed by atoms with van der Waals surface area (Å²) in [5.74, 6) is -5.26. The minimum Gasteiger partial charge on any atom is -0.392 e. The summed E-state index contributed by atoms with van der Waals surface area (Å²) in [6.45, 7) is 0. The Morgan fingerprint density at radius 2 is 1.59 bits per heavy atom. The number of carbonyl (C=O) groups is 4. The highest BCUT2D eigenvalue weighted by atomic mass is 19.4. The highest BCUT2D eigenvalue weighted by Gasteiger charge is 2.44. The molecule has 3 aliphatic rings. The summed E-state index contributed by atoms with van der Waals surface area (Å²) in [6, 6.07) is 1.85. The number of rotatable bonds is 3. The van der Waals surface area contributed by atoms with Crippen LogP contribution in [0.4, 0.5) is 13.2 Å². The van der Waals surface area contributed by atoms with Crippen LogP contribution in [0.1, 0.15) is 37.9 Å². The molecule has 1 aromatic carbocycles. The molecule has 0 radical (unpaired) electrons. The second kappa shape index (κ2) is 6.38. The molecule has 4 rings (SSSR count). The summed E-state index contributed by atoms with van der Waals surface area (Å²) in [4.78, 5) is 46.8. The van der Waals surface area contributed by atoms with E-state index in [0.717, 1.165) is 12.1 Å². The van der Waals surface area contributed by atoms with Gasteiger partial charge in [0.25, 0.3) is 0 Å². The number of halogens is 3. The van der Waals surface area contributed by atoms with Gasteiger partial charge in [0.2, 0.25) is 0 Å². The summed E-state index contributed by atoms with van der Waals surface area (Å²) in [5, 5.41) is 9.76. The predicted octanol–water partition coefficient (Wildman–Crippen LogP) is 1.95. The fourth-order valence-corrected chi connectivity index (χ4v) is 3.53. The quantitative estimate of drug-likeness (QED) is 0.602. The van der Waals surface area contributed by atoms with Crippen LogP contribution in [0.15, 0.2) is 35.9 Å². The first kappa shape index (κ1) is 19.1. The fraction of sp³-hybridized carbons (Fsp3) is 0.263. The van der Waals surface area contributed by atoms with E-state index >= 15 is 0 Å². The minimum absolute atomic E-state index is 0.0766. The van der Waals surface area contributed by atoms with Gasteiger partial charge in [-0.2, -0.15) is 13.2 Å². The third-order valence-electron chi connectivity index (χ3n) is 4.95. The average molecular weight is 408 g/mol. The van der Waals surface area contributed by atoms with Crippen LogP contribution < -0.4 is 0 Å². The molecule has 1 aliphatic carbocycles. The summed E-state index contributed by atoms with van der Waals surface area (Å²) in [7, 11) is 0. The molecule has 1 fully saturated rings. The number of allylic oxidation sites excluding steroid dienone is 2. The van der Waals surface area contributed by atoms with Gasteiger partial charge in [0.1, 0.15) is 0 Å². The summed E-state index contributed by atoms with van der Waals surface area (Å²) in [6.07, 6.45) is -3.83. The van der Waals surface area contributed by atoms with Crippen molar-refractivity contribution in [3.8, 4) is 0 Å². The standard InChI is InChI=1S/C19H11F3O7/c20-19(21,22)14(23)10-6-13-12(17(26)29-18(13)27)5-8(10)3-7-1-2-9-11(4-7)16(25)28-15(9)24/h1-2,4-6,9,11,14,23H,3H2. The summed E-state index contributed by atoms with van der Waals surface area (Å²) in [5.41, 5.74) is -0.880. The Hall–Kier alpha value is -3.27. The van der Waals surface area contributed by atoms with Gasteiger partial charge < -0.3 is 14.6 Å². The van der Waals surface area contributed by atoms with Crippen molar-refractivity contribution in [2.24, 2.45) is 11.8 Å². The van der Waals surface area contributed by atoms with Crippen LogP contribution in [0.5, 0.6) is 0 Å². The molecule has 29 heavy (non-hydrogen) atoms. The predicted molar refractivity (Wildman–Crippen MR) is 86.2 cm³/mol. The molecule has 2 heterocycles. The SMILES string of the molecule is O=C1OC(=O)c2cc(C(O)C(F)(F)F)c(CC3=CC4C(=O)OC(=O)C4C=C3)cc21. The van der Waals surface area contributed by atoms with Gasteiger partial charge >= 0.3 is 30.1 Å². The van der Waals surface area contributed by atoms with Gasteiger partial charge in [-0.15, -0.1) is 0 Å². The molecule has 0 saturated carbocycles. The van der Waals surface area contributed by atoms with E-state index in [4.69, 9.17) is 0 Å². The van der Waals surface area contributed by atoms with Gasteiger partial charge in [-0.25, -0.2) is 9.59 Å². The Balaban J connectivity index is 1.75. The molecule has 10 heteroatoms. The lowest BCUT2D eigenvalue weighted by Crippen LogP contribution is -2.22. The van der Waals surface area contributed by atoms with Crippen LogP contribution in [0.3, 0.4) is 0 Å². The maximum Gasteiger partial charge on any atom is 0.418 e. The van der Waals surface area contributed by atoms with Gasteiger partial charge in [-0.3, -0.25) is 9.59 Å². The van der Waals surface area contributed by atoms with Crippen molar-refractivity contribution in [1.29, 1.82) is 0 Å². The molecule has 0 spiro atoms. The minimum atomic E-state index is -5.01. The molecule has 0 aromatic heterocycles. The van der Waals surface area contributed by atoms with Crippen molar-refractivity contribution >= 4 is 23.9 Å². The zero-order valence-corrected chi connectivity index (χ0v) is 14.4. The number of carbonyl (C=O) groups excluding carboxylic acids is 4. The summed E-state index contributed by atoms with van der Waals surface area (Å²) >= 11 is 0. The van der Waals surface area contributed by atoms with Crippen LogP contribution in [0, 0.1) is 11.8 Å². The number of fused-ring (bicyclic) bond motifs is 2. The van der Waals surface area contributed by atoms with Crippen LogP contribution in [0.2, 0.25) is 0 Å². The third-order valence-corrected chi connectivity index (χ3v) is 4.95. The monoisotopic (exact) mass is 408 g/mol. The normalized spacial score (nSPS) is 24.1. The molecule has 0 bridgehead atoms. The first-order valence-electron chi connectivity index (χ1n) is 8.39. The lowest BCUT2D eigenvalue weighted by Gasteiger charge is -2.20. The molecule has 3 atom stereocenters. The number of alkyl halides is 3. The van der Waals surface area contributed by atoms with Crippen molar-refractivity contribution in [2.75, 3.05) is 0 Å².